The molecule has 2 aromatic rings. The number of guanidine groups is 1. The van der Waals surface area contributed by atoms with Gasteiger partial charge < -0.3 is 25.0 Å². The molecule has 162 valence electrons. The smallest absolute Gasteiger partial charge is 0.191 e. The molecule has 1 aromatic carbocycles. The molecular weight excluding hydrogens is 493 g/mol. The topological polar surface area (TPSA) is 71.0 Å². The zero-order valence-electron chi connectivity index (χ0n) is 17.3. The molecule has 30 heavy (non-hydrogen) atoms. The molecule has 1 fully saturated rings. The fraction of sp³-hybridized carbons (Fsp3) is 0.364. The van der Waals surface area contributed by atoms with Crippen molar-refractivity contribution in [1.29, 1.82) is 0 Å². The second-order valence-electron chi connectivity index (χ2n) is 6.57. The number of rotatable bonds is 8. The van der Waals surface area contributed by atoms with Gasteiger partial charge in [-0.3, -0.25) is 4.99 Å². The lowest BCUT2D eigenvalue weighted by molar-refractivity contribution is 0.122. The first-order chi connectivity index (χ1) is 14.3. The van der Waals surface area contributed by atoms with Crippen molar-refractivity contribution in [3.8, 4) is 5.75 Å². The van der Waals surface area contributed by atoms with E-state index < -0.39 is 0 Å². The monoisotopic (exact) mass is 523 g/mol. The fourth-order valence-corrected chi connectivity index (χ4v) is 3.15. The van der Waals surface area contributed by atoms with E-state index in [1.54, 1.807) is 13.1 Å². The van der Waals surface area contributed by atoms with Crippen molar-refractivity contribution < 1.29 is 9.47 Å². The maximum Gasteiger partial charge on any atom is 0.191 e. The largest absolute Gasteiger partial charge is 0.489 e. The van der Waals surface area contributed by atoms with Gasteiger partial charge in [0, 0.05) is 50.6 Å². The quantitative estimate of drug-likeness (QED) is 0.240. The highest BCUT2D eigenvalue weighted by molar-refractivity contribution is 14.0. The van der Waals surface area contributed by atoms with E-state index in [1.807, 2.05) is 36.5 Å². The molecular formula is C22H30IN5O2. The van der Waals surface area contributed by atoms with Crippen LogP contribution in [0.4, 0.5) is 5.82 Å². The summed E-state index contributed by atoms with van der Waals surface area (Å²) >= 11 is 0. The van der Waals surface area contributed by atoms with Crippen LogP contribution in [0.25, 0.3) is 0 Å². The number of pyridine rings is 1. The molecule has 0 radical (unpaired) electrons. The molecule has 0 bridgehead atoms. The maximum atomic E-state index is 5.72. The Morgan fingerprint density at radius 1 is 1.17 bits per heavy atom. The number of anilines is 1. The number of morpholine rings is 1. The second-order valence-corrected chi connectivity index (χ2v) is 6.57. The first-order valence-corrected chi connectivity index (χ1v) is 9.84. The van der Waals surface area contributed by atoms with Gasteiger partial charge in [0.05, 0.1) is 13.2 Å². The van der Waals surface area contributed by atoms with Crippen molar-refractivity contribution in [2.24, 2.45) is 4.99 Å². The van der Waals surface area contributed by atoms with Gasteiger partial charge in [-0.15, -0.1) is 24.0 Å². The van der Waals surface area contributed by atoms with E-state index >= 15 is 0 Å². The minimum absolute atomic E-state index is 0. The summed E-state index contributed by atoms with van der Waals surface area (Å²) in [7, 11) is 1.77. The third-order valence-electron chi connectivity index (χ3n) is 4.62. The molecule has 0 amide bonds. The zero-order valence-corrected chi connectivity index (χ0v) is 19.7. The molecule has 0 aliphatic carbocycles. The molecule has 0 atom stereocenters. The lowest BCUT2D eigenvalue weighted by Crippen LogP contribution is -2.39. The third kappa shape index (κ3) is 6.88. The van der Waals surface area contributed by atoms with Crippen LogP contribution in [-0.4, -0.2) is 50.9 Å². The number of aliphatic imine (C=N–C) groups is 1. The van der Waals surface area contributed by atoms with Gasteiger partial charge in [-0.1, -0.05) is 36.9 Å². The minimum Gasteiger partial charge on any atom is -0.489 e. The molecule has 2 heterocycles. The molecule has 0 spiro atoms. The zero-order chi connectivity index (χ0) is 20.3. The predicted octanol–water partition coefficient (Wildman–Crippen LogP) is 2.97. The van der Waals surface area contributed by atoms with Crippen molar-refractivity contribution in [2.45, 2.75) is 13.1 Å². The average molecular weight is 523 g/mol. The van der Waals surface area contributed by atoms with Gasteiger partial charge in [-0.05, 0) is 12.1 Å². The molecule has 2 N–H and O–H groups in total. The molecule has 0 saturated carbocycles. The van der Waals surface area contributed by atoms with Gasteiger partial charge in [-0.25, -0.2) is 4.98 Å². The van der Waals surface area contributed by atoms with E-state index in [4.69, 9.17) is 9.47 Å². The summed E-state index contributed by atoms with van der Waals surface area (Å²) in [5.74, 6) is 2.57. The molecule has 1 aliphatic rings. The molecule has 1 aromatic heterocycles. The van der Waals surface area contributed by atoms with Crippen molar-refractivity contribution in [2.75, 3.05) is 44.9 Å². The highest BCUT2D eigenvalue weighted by Gasteiger charge is 2.16. The maximum absolute atomic E-state index is 5.72. The van der Waals surface area contributed by atoms with Crippen molar-refractivity contribution in [1.82, 2.24) is 15.6 Å². The number of para-hydroxylation sites is 1. The van der Waals surface area contributed by atoms with Crippen LogP contribution in [0.15, 0.2) is 60.2 Å². The molecule has 0 unspecified atom stereocenters. The Labute approximate surface area is 195 Å². The summed E-state index contributed by atoms with van der Waals surface area (Å²) in [5.41, 5.74) is 2.19. The number of benzene rings is 1. The van der Waals surface area contributed by atoms with Crippen LogP contribution in [-0.2, 0) is 17.8 Å². The van der Waals surface area contributed by atoms with Gasteiger partial charge in [0.15, 0.2) is 5.96 Å². The van der Waals surface area contributed by atoms with Gasteiger partial charge in [0.25, 0.3) is 0 Å². The van der Waals surface area contributed by atoms with Gasteiger partial charge in [0.1, 0.15) is 18.2 Å². The third-order valence-corrected chi connectivity index (χ3v) is 4.62. The number of nitrogens with zero attached hydrogens (tertiary/aromatic N) is 3. The van der Waals surface area contributed by atoms with Crippen LogP contribution >= 0.6 is 24.0 Å². The standard InChI is InChI=1S/C22H29N5O2.HI/c1-3-13-29-20-9-5-4-7-18(20)16-25-22(23-2)26-17-19-8-6-10-24-21(19)27-11-14-28-15-12-27;/h3-10H,1,11-17H2,2H3,(H2,23,25,26);1H. The predicted molar refractivity (Wildman–Crippen MR) is 132 cm³/mol. The fourth-order valence-electron chi connectivity index (χ4n) is 3.15. The van der Waals surface area contributed by atoms with Crippen molar-refractivity contribution in [3.63, 3.8) is 0 Å². The van der Waals surface area contributed by atoms with Crippen LogP contribution in [0.5, 0.6) is 5.75 Å². The van der Waals surface area contributed by atoms with Gasteiger partial charge >= 0.3 is 0 Å². The van der Waals surface area contributed by atoms with E-state index in [2.05, 4.69) is 38.2 Å². The molecule has 1 aliphatic heterocycles. The van der Waals surface area contributed by atoms with E-state index in [0.717, 1.165) is 55.0 Å². The number of hydrogen-bond donors (Lipinski definition) is 2. The summed E-state index contributed by atoms with van der Waals surface area (Å²) in [4.78, 5) is 11.2. The van der Waals surface area contributed by atoms with Crippen LogP contribution < -0.4 is 20.3 Å². The Kier molecular flexibility index (Phi) is 10.4. The number of aromatic nitrogens is 1. The highest BCUT2D eigenvalue weighted by Crippen LogP contribution is 2.19. The Hall–Kier alpha value is -2.33. The van der Waals surface area contributed by atoms with E-state index in [9.17, 15) is 0 Å². The Morgan fingerprint density at radius 2 is 1.87 bits per heavy atom. The Balaban J connectivity index is 0.00000320. The second kappa shape index (κ2) is 13.1. The summed E-state index contributed by atoms with van der Waals surface area (Å²) in [6, 6.07) is 12.0. The molecule has 3 rings (SSSR count). The summed E-state index contributed by atoms with van der Waals surface area (Å²) in [5, 5.41) is 6.73. The van der Waals surface area contributed by atoms with Crippen LogP contribution in [0.3, 0.4) is 0 Å². The summed E-state index contributed by atoms with van der Waals surface area (Å²) in [6.07, 6.45) is 3.58. The lowest BCUT2D eigenvalue weighted by atomic mass is 10.2. The lowest BCUT2D eigenvalue weighted by Gasteiger charge is -2.29. The molecule has 7 nitrogen and oxygen atoms in total. The van der Waals surface area contributed by atoms with Crippen molar-refractivity contribution >= 4 is 35.8 Å². The molecule has 1 saturated heterocycles. The molecule has 8 heteroatoms. The Bertz CT molecular complexity index is 825. The number of nitrogens with one attached hydrogen (secondary N) is 2. The van der Waals surface area contributed by atoms with Crippen molar-refractivity contribution in [3.05, 3.63) is 66.4 Å². The number of hydrogen-bond acceptors (Lipinski definition) is 5. The number of halogens is 1. The van der Waals surface area contributed by atoms with E-state index in [0.29, 0.717) is 19.7 Å². The number of ether oxygens (including phenoxy) is 2. The summed E-state index contributed by atoms with van der Waals surface area (Å²) in [6.45, 7) is 8.62. The summed E-state index contributed by atoms with van der Waals surface area (Å²) < 4.78 is 11.2. The van der Waals surface area contributed by atoms with Gasteiger partial charge in [0.2, 0.25) is 0 Å². The highest BCUT2D eigenvalue weighted by atomic mass is 127. The normalized spacial score (nSPS) is 13.9. The van der Waals surface area contributed by atoms with Crippen LogP contribution in [0.2, 0.25) is 0 Å². The van der Waals surface area contributed by atoms with E-state index in [1.165, 1.54) is 0 Å². The Morgan fingerprint density at radius 3 is 2.60 bits per heavy atom. The first-order valence-electron chi connectivity index (χ1n) is 9.84. The SMILES string of the molecule is C=CCOc1ccccc1CNC(=NC)NCc1cccnc1N1CCOCC1.I. The first kappa shape index (κ1) is 23.9. The van der Waals surface area contributed by atoms with Crippen LogP contribution in [0.1, 0.15) is 11.1 Å². The van der Waals surface area contributed by atoms with E-state index in [-0.39, 0.29) is 24.0 Å². The van der Waals surface area contributed by atoms with Crippen LogP contribution in [0, 0.1) is 0 Å². The van der Waals surface area contributed by atoms with Gasteiger partial charge in [-0.2, -0.15) is 0 Å². The average Bonchev–Trinajstić information content (AvgIpc) is 2.79. The minimum atomic E-state index is 0.